The number of thioether (sulfide) groups is 1. The van der Waals surface area contributed by atoms with Crippen LogP contribution in [-0.4, -0.2) is 20.5 Å². The number of nitrogens with zero attached hydrogens (tertiary/aromatic N) is 3. The van der Waals surface area contributed by atoms with Crippen LogP contribution in [-0.2, 0) is 0 Å². The monoisotopic (exact) mass is 383 g/mol. The van der Waals surface area contributed by atoms with E-state index in [0.29, 0.717) is 0 Å². The number of aromatic nitrogens is 3. The van der Waals surface area contributed by atoms with Crippen LogP contribution in [0.5, 0.6) is 0 Å². The van der Waals surface area contributed by atoms with Crippen molar-refractivity contribution in [2.45, 2.75) is 12.1 Å². The lowest BCUT2D eigenvalue weighted by Crippen LogP contribution is -1.99. The van der Waals surface area contributed by atoms with Gasteiger partial charge in [0.1, 0.15) is 0 Å². The van der Waals surface area contributed by atoms with E-state index in [0.717, 1.165) is 28.0 Å². The molecule has 4 heteroatoms. The van der Waals surface area contributed by atoms with Crippen LogP contribution in [0.25, 0.3) is 23.2 Å². The molecule has 0 saturated heterocycles. The fourth-order valence-electron chi connectivity index (χ4n) is 2.93. The number of aryl methyl sites for hydroxylation is 1. The molecule has 0 radical (unpaired) electrons. The average molecular weight is 384 g/mol. The Bertz CT molecular complexity index is 1050. The Labute approximate surface area is 169 Å². The molecule has 0 fully saturated rings. The molecule has 0 atom stereocenters. The van der Waals surface area contributed by atoms with E-state index in [1.165, 1.54) is 11.1 Å². The molecule has 4 aromatic rings. The van der Waals surface area contributed by atoms with Gasteiger partial charge in [-0.05, 0) is 24.6 Å². The zero-order valence-corrected chi connectivity index (χ0v) is 16.5. The predicted octanol–water partition coefficient (Wildman–Crippen LogP) is 6.05. The number of hydrogen-bond acceptors (Lipinski definition) is 3. The minimum Gasteiger partial charge on any atom is -0.270 e. The van der Waals surface area contributed by atoms with Gasteiger partial charge in [0, 0.05) is 17.0 Å². The van der Waals surface area contributed by atoms with Gasteiger partial charge in [-0.3, -0.25) is 4.57 Å². The summed E-state index contributed by atoms with van der Waals surface area (Å²) in [6, 6.07) is 29.0. The second-order valence-corrected chi connectivity index (χ2v) is 7.45. The molecule has 0 aliphatic rings. The van der Waals surface area contributed by atoms with Crippen molar-refractivity contribution in [3.63, 3.8) is 0 Å². The van der Waals surface area contributed by atoms with Crippen LogP contribution in [0.4, 0.5) is 0 Å². The van der Waals surface area contributed by atoms with Crippen LogP contribution >= 0.6 is 11.8 Å². The molecule has 28 heavy (non-hydrogen) atoms. The van der Waals surface area contributed by atoms with E-state index >= 15 is 0 Å². The van der Waals surface area contributed by atoms with Gasteiger partial charge in [-0.25, -0.2) is 0 Å². The topological polar surface area (TPSA) is 30.7 Å². The smallest absolute Gasteiger partial charge is 0.196 e. The van der Waals surface area contributed by atoms with E-state index in [1.807, 2.05) is 36.4 Å². The van der Waals surface area contributed by atoms with Gasteiger partial charge in [-0.15, -0.1) is 10.2 Å². The highest BCUT2D eigenvalue weighted by Gasteiger charge is 2.15. The van der Waals surface area contributed by atoms with Crippen molar-refractivity contribution in [2.24, 2.45) is 0 Å². The summed E-state index contributed by atoms with van der Waals surface area (Å²) in [7, 11) is 0. The van der Waals surface area contributed by atoms with Crippen LogP contribution in [0.15, 0.2) is 96.2 Å². The normalized spacial score (nSPS) is 11.2. The van der Waals surface area contributed by atoms with Gasteiger partial charge in [0.15, 0.2) is 11.0 Å². The van der Waals surface area contributed by atoms with Crippen molar-refractivity contribution in [2.75, 3.05) is 5.75 Å². The molecule has 0 aliphatic carbocycles. The lowest BCUT2D eigenvalue weighted by Gasteiger charge is -2.10. The number of hydrogen-bond donors (Lipinski definition) is 0. The second kappa shape index (κ2) is 8.72. The van der Waals surface area contributed by atoms with Gasteiger partial charge < -0.3 is 0 Å². The van der Waals surface area contributed by atoms with Crippen LogP contribution in [0, 0.1) is 6.92 Å². The molecule has 3 aromatic carbocycles. The van der Waals surface area contributed by atoms with Crippen LogP contribution in [0.2, 0.25) is 0 Å². The third kappa shape index (κ3) is 4.24. The van der Waals surface area contributed by atoms with Gasteiger partial charge in [0.25, 0.3) is 0 Å². The summed E-state index contributed by atoms with van der Waals surface area (Å²) in [4.78, 5) is 0. The fraction of sp³-hybridized carbons (Fsp3) is 0.0833. The summed E-state index contributed by atoms with van der Waals surface area (Å²) < 4.78 is 2.13. The number of benzene rings is 3. The first-order valence-corrected chi connectivity index (χ1v) is 10.2. The Morgan fingerprint density at radius 3 is 2.21 bits per heavy atom. The summed E-state index contributed by atoms with van der Waals surface area (Å²) in [5.74, 6) is 1.69. The highest BCUT2D eigenvalue weighted by atomic mass is 32.2. The summed E-state index contributed by atoms with van der Waals surface area (Å²) in [5, 5.41) is 9.86. The Morgan fingerprint density at radius 2 is 1.50 bits per heavy atom. The Balaban J connectivity index is 1.62. The number of para-hydroxylation sites is 1. The summed E-state index contributed by atoms with van der Waals surface area (Å²) in [6.45, 7) is 2.09. The van der Waals surface area contributed by atoms with Crippen molar-refractivity contribution in [3.8, 4) is 17.1 Å². The minimum atomic E-state index is 0.827. The molecular weight excluding hydrogens is 362 g/mol. The largest absolute Gasteiger partial charge is 0.270 e. The maximum Gasteiger partial charge on any atom is 0.196 e. The molecule has 0 saturated carbocycles. The first-order chi connectivity index (χ1) is 13.8. The first kappa shape index (κ1) is 18.3. The second-order valence-electron chi connectivity index (χ2n) is 6.47. The Kier molecular flexibility index (Phi) is 5.69. The van der Waals surface area contributed by atoms with Gasteiger partial charge in [-0.1, -0.05) is 102 Å². The number of rotatable bonds is 6. The third-order valence-corrected chi connectivity index (χ3v) is 5.26. The molecule has 1 aromatic heterocycles. The van der Waals surface area contributed by atoms with Gasteiger partial charge in [0.2, 0.25) is 0 Å². The summed E-state index contributed by atoms with van der Waals surface area (Å²) in [6.07, 6.45) is 4.30. The van der Waals surface area contributed by atoms with E-state index < -0.39 is 0 Å². The van der Waals surface area contributed by atoms with Crippen molar-refractivity contribution in [1.82, 2.24) is 14.8 Å². The fourth-order valence-corrected chi connectivity index (χ4v) is 3.69. The highest BCUT2D eigenvalue weighted by molar-refractivity contribution is 7.99. The lowest BCUT2D eigenvalue weighted by molar-refractivity contribution is 0.888. The van der Waals surface area contributed by atoms with Gasteiger partial charge in [-0.2, -0.15) is 0 Å². The third-order valence-electron chi connectivity index (χ3n) is 4.38. The predicted molar refractivity (Wildman–Crippen MR) is 118 cm³/mol. The van der Waals surface area contributed by atoms with Crippen molar-refractivity contribution < 1.29 is 0 Å². The molecule has 3 nitrogen and oxygen atoms in total. The van der Waals surface area contributed by atoms with Crippen LogP contribution in [0.3, 0.4) is 0 Å². The van der Waals surface area contributed by atoms with Crippen molar-refractivity contribution in [1.29, 1.82) is 0 Å². The maximum atomic E-state index is 4.50. The lowest BCUT2D eigenvalue weighted by atomic mass is 10.1. The SMILES string of the molecule is Cc1ccc(-c2nnc(SC/C=C/c3ccccc3)n2-c2ccccc2)cc1. The molecule has 0 bridgehead atoms. The van der Waals surface area contributed by atoms with E-state index in [-0.39, 0.29) is 0 Å². The van der Waals surface area contributed by atoms with Gasteiger partial charge >= 0.3 is 0 Å². The standard InChI is InChI=1S/C24H21N3S/c1-19-14-16-21(17-15-19)23-25-26-24(27(23)22-12-6-3-7-13-22)28-18-8-11-20-9-4-2-5-10-20/h2-17H,18H2,1H3/b11-8+. The highest BCUT2D eigenvalue weighted by Crippen LogP contribution is 2.28. The van der Waals surface area contributed by atoms with E-state index in [4.69, 9.17) is 0 Å². The van der Waals surface area contributed by atoms with Crippen molar-refractivity contribution in [3.05, 3.63) is 102 Å². The molecule has 0 aliphatic heterocycles. The Hall–Kier alpha value is -3.11. The molecule has 0 N–H and O–H groups in total. The minimum absolute atomic E-state index is 0.827. The molecule has 138 valence electrons. The molecule has 1 heterocycles. The molecule has 0 unspecified atom stereocenters. The quantitative estimate of drug-likeness (QED) is 0.380. The molecule has 0 amide bonds. The maximum absolute atomic E-state index is 4.50. The molecule has 0 spiro atoms. The summed E-state index contributed by atoms with van der Waals surface area (Å²) >= 11 is 1.68. The first-order valence-electron chi connectivity index (χ1n) is 9.23. The molecule has 4 rings (SSSR count). The Morgan fingerprint density at radius 1 is 0.821 bits per heavy atom. The van der Waals surface area contributed by atoms with E-state index in [1.54, 1.807) is 11.8 Å². The van der Waals surface area contributed by atoms with E-state index in [9.17, 15) is 0 Å². The average Bonchev–Trinajstić information content (AvgIpc) is 3.17. The zero-order chi connectivity index (χ0) is 19.2. The van der Waals surface area contributed by atoms with Gasteiger partial charge in [0.05, 0.1) is 0 Å². The van der Waals surface area contributed by atoms with E-state index in [2.05, 4.69) is 82.4 Å². The van der Waals surface area contributed by atoms with Crippen LogP contribution < -0.4 is 0 Å². The molecular formula is C24H21N3S. The zero-order valence-electron chi connectivity index (χ0n) is 15.7. The summed E-state index contributed by atoms with van der Waals surface area (Å²) in [5.41, 5.74) is 4.56. The van der Waals surface area contributed by atoms with Crippen molar-refractivity contribution >= 4 is 17.8 Å². The van der Waals surface area contributed by atoms with Crippen LogP contribution in [0.1, 0.15) is 11.1 Å².